The van der Waals surface area contributed by atoms with Crippen molar-refractivity contribution in [1.29, 1.82) is 0 Å². The van der Waals surface area contributed by atoms with Crippen LogP contribution in [0.15, 0.2) is 30.3 Å². The highest BCUT2D eigenvalue weighted by atomic mass is 31.2. The van der Waals surface area contributed by atoms with Crippen LogP contribution >= 0.6 is 7.26 Å². The third-order valence-electron chi connectivity index (χ3n) is 9.47. The van der Waals surface area contributed by atoms with Crippen molar-refractivity contribution in [1.82, 2.24) is 5.32 Å². The van der Waals surface area contributed by atoms with E-state index in [2.05, 4.69) is 56.2 Å². The summed E-state index contributed by atoms with van der Waals surface area (Å²) in [6.07, 6.45) is 27.9. The molecule has 0 heterocycles. The molecule has 1 nitrogen and oxygen atoms in total. The predicted molar refractivity (Wildman–Crippen MR) is 156 cm³/mol. The summed E-state index contributed by atoms with van der Waals surface area (Å²) in [5.41, 5.74) is 3.53. The summed E-state index contributed by atoms with van der Waals surface area (Å²) in [6, 6.07) is 11.7. The van der Waals surface area contributed by atoms with Gasteiger partial charge in [0.25, 0.3) is 0 Å². The van der Waals surface area contributed by atoms with Gasteiger partial charge in [-0.15, -0.1) is 0 Å². The van der Waals surface area contributed by atoms with E-state index >= 15 is 0 Å². The van der Waals surface area contributed by atoms with Crippen LogP contribution in [0.5, 0.6) is 0 Å². The average Bonchev–Trinajstić information content (AvgIpc) is 2.90. The van der Waals surface area contributed by atoms with Gasteiger partial charge in [-0.2, -0.15) is 0 Å². The molecule has 0 amide bonds. The fraction of sp³-hybridized carbons (Fsp3) is 0.812. The first-order chi connectivity index (χ1) is 16.7. The monoisotopic (exact) mass is 486 g/mol. The highest BCUT2D eigenvalue weighted by molar-refractivity contribution is 7.77. The summed E-state index contributed by atoms with van der Waals surface area (Å²) in [5.74, 6) is 0.758. The molecule has 2 aliphatic rings. The average molecular weight is 487 g/mol. The Hall–Kier alpha value is -0.390. The van der Waals surface area contributed by atoms with Crippen molar-refractivity contribution < 1.29 is 0 Å². The van der Waals surface area contributed by atoms with Gasteiger partial charge in [0, 0.05) is 13.3 Å². The molecule has 2 saturated carbocycles. The number of rotatable bonds is 15. The number of unbranched alkanes of at least 4 members (excludes halogenated alkanes) is 7. The van der Waals surface area contributed by atoms with Crippen molar-refractivity contribution in [2.24, 2.45) is 0 Å². The van der Waals surface area contributed by atoms with E-state index in [1.807, 2.05) is 0 Å². The minimum atomic E-state index is -1.09. The van der Waals surface area contributed by atoms with E-state index in [1.165, 1.54) is 128 Å². The van der Waals surface area contributed by atoms with Crippen molar-refractivity contribution in [3.8, 4) is 0 Å². The number of hydrogen-bond donors (Lipinski definition) is 1. The lowest BCUT2D eigenvalue weighted by atomic mass is 9.99. The van der Waals surface area contributed by atoms with Crippen LogP contribution in [-0.4, -0.2) is 23.8 Å². The van der Waals surface area contributed by atoms with E-state index in [1.54, 1.807) is 0 Å². The van der Waals surface area contributed by atoms with Gasteiger partial charge < -0.3 is 0 Å². The predicted octanol–water partition coefficient (Wildman–Crippen LogP) is 10.5. The second kappa shape index (κ2) is 15.7. The summed E-state index contributed by atoms with van der Waals surface area (Å²) in [7, 11) is -1.09. The molecule has 2 atom stereocenters. The Balaban J connectivity index is 1.71. The van der Waals surface area contributed by atoms with Crippen molar-refractivity contribution in [2.45, 2.75) is 159 Å². The molecule has 0 aromatic heterocycles. The van der Waals surface area contributed by atoms with Crippen LogP contribution in [-0.2, 0) is 0 Å². The van der Waals surface area contributed by atoms with Gasteiger partial charge in [0.2, 0.25) is 0 Å². The lowest BCUT2D eigenvalue weighted by molar-refractivity contribution is 0.445. The van der Waals surface area contributed by atoms with Gasteiger partial charge in [-0.25, -0.2) is 0 Å². The van der Waals surface area contributed by atoms with E-state index in [-0.39, 0.29) is 0 Å². The number of benzene rings is 1. The van der Waals surface area contributed by atoms with E-state index in [4.69, 9.17) is 0 Å². The van der Waals surface area contributed by atoms with Gasteiger partial charge in [0.05, 0.1) is 18.0 Å². The lowest BCUT2D eigenvalue weighted by Crippen LogP contribution is -2.42. The molecule has 0 radical (unpaired) electrons. The third-order valence-corrected chi connectivity index (χ3v) is 15.4. The Labute approximate surface area is 214 Å². The summed E-state index contributed by atoms with van der Waals surface area (Å²) in [4.78, 5) is 0. The van der Waals surface area contributed by atoms with Crippen molar-refractivity contribution in [2.75, 3.05) is 6.66 Å². The topological polar surface area (TPSA) is 12.0 Å². The van der Waals surface area contributed by atoms with Crippen LogP contribution in [0.2, 0.25) is 0 Å². The Kier molecular flexibility index (Phi) is 13.0. The van der Waals surface area contributed by atoms with Crippen molar-refractivity contribution in [3.63, 3.8) is 0 Å². The van der Waals surface area contributed by atoms with Crippen LogP contribution in [0, 0.1) is 0 Å². The zero-order valence-corrected chi connectivity index (χ0v) is 24.0. The summed E-state index contributed by atoms with van der Waals surface area (Å²) < 4.78 is 0. The first-order valence-electron chi connectivity index (χ1n) is 15.3. The van der Waals surface area contributed by atoms with Gasteiger partial charge in [0.1, 0.15) is 5.78 Å². The van der Waals surface area contributed by atoms with E-state index in [0.29, 0.717) is 6.04 Å². The van der Waals surface area contributed by atoms with E-state index in [9.17, 15) is 0 Å². The van der Waals surface area contributed by atoms with Crippen molar-refractivity contribution in [3.05, 3.63) is 35.9 Å². The second-order valence-corrected chi connectivity index (χ2v) is 16.4. The first kappa shape index (κ1) is 28.2. The standard InChI is InChI=1S/C32H57NP/c1-4-5-6-7-8-9-10-20-27-32(33-28(2)29-21-14-11-15-22-29)34(3,30-23-16-12-17-24-30)31-25-18-13-19-26-31/h11,14-15,21-22,28,30-33H,4-10,12-13,16-20,23-27H2,1-3H3/q+1. The minimum Gasteiger partial charge on any atom is -0.276 e. The van der Waals surface area contributed by atoms with Crippen molar-refractivity contribution >= 4 is 7.26 Å². The summed E-state index contributed by atoms with van der Waals surface area (Å²) in [5, 5.41) is 4.34. The molecule has 0 aliphatic heterocycles. The SMILES string of the molecule is CCCCCCCCCCC(NC(C)c1ccccc1)[P+](C)(C1CCCCC1)C1CCCCC1. The highest BCUT2D eigenvalue weighted by Gasteiger charge is 2.53. The van der Waals surface area contributed by atoms with Crippen LogP contribution in [0.25, 0.3) is 0 Å². The summed E-state index contributed by atoms with van der Waals surface area (Å²) in [6.45, 7) is 7.61. The molecule has 1 aromatic carbocycles. The second-order valence-electron chi connectivity index (χ2n) is 11.9. The molecule has 2 aliphatic carbocycles. The molecule has 1 N–H and O–H groups in total. The largest absolute Gasteiger partial charge is 0.276 e. The molecule has 2 unspecified atom stereocenters. The normalized spacial score (nSPS) is 20.3. The number of nitrogens with one attached hydrogen (secondary N) is 1. The van der Waals surface area contributed by atoms with E-state index < -0.39 is 7.26 Å². The molecule has 2 fully saturated rings. The van der Waals surface area contributed by atoms with Gasteiger partial charge in [-0.05, 0) is 76.7 Å². The zero-order chi connectivity index (χ0) is 24.1. The van der Waals surface area contributed by atoms with Crippen LogP contribution in [0.4, 0.5) is 0 Å². The number of hydrogen-bond acceptors (Lipinski definition) is 1. The highest BCUT2D eigenvalue weighted by Crippen LogP contribution is 2.73. The Morgan fingerprint density at radius 2 is 1.24 bits per heavy atom. The Morgan fingerprint density at radius 3 is 1.76 bits per heavy atom. The lowest BCUT2D eigenvalue weighted by Gasteiger charge is -2.46. The molecule has 1 aromatic rings. The molecule has 3 rings (SSSR count). The van der Waals surface area contributed by atoms with Crippen LogP contribution < -0.4 is 5.32 Å². The van der Waals surface area contributed by atoms with Crippen LogP contribution in [0.1, 0.15) is 147 Å². The maximum absolute atomic E-state index is 4.34. The molecule has 0 saturated heterocycles. The van der Waals surface area contributed by atoms with E-state index in [0.717, 1.165) is 17.1 Å². The molecule has 0 spiro atoms. The van der Waals surface area contributed by atoms with Crippen LogP contribution in [0.3, 0.4) is 0 Å². The maximum Gasteiger partial charge on any atom is 0.120 e. The minimum absolute atomic E-state index is 0.465. The zero-order valence-electron chi connectivity index (χ0n) is 23.1. The molecule has 0 bridgehead atoms. The third kappa shape index (κ3) is 8.34. The quantitative estimate of drug-likeness (QED) is 0.192. The molecule has 194 valence electrons. The van der Waals surface area contributed by atoms with Gasteiger partial charge in [-0.3, -0.25) is 5.32 Å². The molecular weight excluding hydrogens is 429 g/mol. The Bertz CT molecular complexity index is 614. The van der Waals surface area contributed by atoms with Gasteiger partial charge in [0.15, 0.2) is 0 Å². The molecule has 2 heteroatoms. The fourth-order valence-corrected chi connectivity index (χ4v) is 13.1. The fourth-order valence-electron chi connectivity index (χ4n) is 7.20. The summed E-state index contributed by atoms with van der Waals surface area (Å²) >= 11 is 0. The Morgan fingerprint density at radius 1 is 0.735 bits per heavy atom. The molecular formula is C32H57NP+. The maximum atomic E-state index is 4.34. The first-order valence-corrected chi connectivity index (χ1v) is 17.8. The van der Waals surface area contributed by atoms with Gasteiger partial charge in [-0.1, -0.05) is 95.0 Å². The van der Waals surface area contributed by atoms with Gasteiger partial charge >= 0.3 is 0 Å². The molecule has 34 heavy (non-hydrogen) atoms. The smallest absolute Gasteiger partial charge is 0.120 e.